The highest BCUT2D eigenvalue weighted by Crippen LogP contribution is 2.17. The lowest BCUT2D eigenvalue weighted by atomic mass is 10.0. The summed E-state index contributed by atoms with van der Waals surface area (Å²) in [6, 6.07) is 4.43. The Balaban J connectivity index is 2.69. The molecule has 0 spiro atoms. The van der Waals surface area contributed by atoms with E-state index in [2.05, 4.69) is 0 Å². The van der Waals surface area contributed by atoms with Gasteiger partial charge in [-0.25, -0.2) is 4.39 Å². The van der Waals surface area contributed by atoms with E-state index in [1.807, 2.05) is 13.8 Å². The Kier molecular flexibility index (Phi) is 6.30. The molecule has 18 heavy (non-hydrogen) atoms. The molecule has 0 N–H and O–H groups in total. The van der Waals surface area contributed by atoms with Crippen LogP contribution in [0.3, 0.4) is 0 Å². The summed E-state index contributed by atoms with van der Waals surface area (Å²) in [6.45, 7) is 4.37. The Bertz CT molecular complexity index is 401. The third-order valence-corrected chi connectivity index (χ3v) is 2.95. The van der Waals surface area contributed by atoms with Crippen LogP contribution < -0.4 is 0 Å². The van der Waals surface area contributed by atoms with Crippen molar-refractivity contribution in [1.29, 1.82) is 0 Å². The minimum absolute atomic E-state index is 0.0135. The first-order valence-electron chi connectivity index (χ1n) is 6.16. The van der Waals surface area contributed by atoms with Gasteiger partial charge in [0, 0.05) is 13.0 Å². The van der Waals surface area contributed by atoms with Gasteiger partial charge in [0.2, 0.25) is 0 Å². The summed E-state index contributed by atoms with van der Waals surface area (Å²) in [5.74, 6) is -0.508. The fourth-order valence-electron chi connectivity index (χ4n) is 1.77. The molecule has 1 aromatic carbocycles. The van der Waals surface area contributed by atoms with Crippen LogP contribution in [-0.2, 0) is 16.0 Å². The zero-order chi connectivity index (χ0) is 13.5. The normalized spacial score (nSPS) is 12.4. The summed E-state index contributed by atoms with van der Waals surface area (Å²) in [7, 11) is 0. The second kappa shape index (κ2) is 7.49. The fraction of sp³-hybridized carbons (Fsp3) is 0.500. The van der Waals surface area contributed by atoms with E-state index in [4.69, 9.17) is 16.3 Å². The SMILES string of the molecule is CCCC(OCC)C(=O)Cc1ccc(Cl)c(F)c1. The summed E-state index contributed by atoms with van der Waals surface area (Å²) in [5.41, 5.74) is 0.628. The van der Waals surface area contributed by atoms with E-state index in [0.717, 1.165) is 6.42 Å². The average molecular weight is 273 g/mol. The number of hydrogen-bond acceptors (Lipinski definition) is 2. The molecule has 1 unspecified atom stereocenters. The first-order chi connectivity index (χ1) is 8.58. The van der Waals surface area contributed by atoms with Gasteiger partial charge >= 0.3 is 0 Å². The molecule has 2 nitrogen and oxygen atoms in total. The summed E-state index contributed by atoms with van der Waals surface area (Å²) >= 11 is 5.59. The molecule has 0 aliphatic heterocycles. The van der Waals surface area contributed by atoms with Crippen LogP contribution in [-0.4, -0.2) is 18.5 Å². The van der Waals surface area contributed by atoms with Gasteiger partial charge < -0.3 is 4.74 Å². The summed E-state index contributed by atoms with van der Waals surface area (Å²) in [6.07, 6.45) is 1.37. The van der Waals surface area contributed by atoms with Crippen LogP contribution in [0.15, 0.2) is 18.2 Å². The van der Waals surface area contributed by atoms with Crippen molar-refractivity contribution >= 4 is 17.4 Å². The quantitative estimate of drug-likeness (QED) is 0.755. The molecule has 0 aromatic heterocycles. The fourth-order valence-corrected chi connectivity index (χ4v) is 1.88. The van der Waals surface area contributed by atoms with Gasteiger partial charge in [-0.15, -0.1) is 0 Å². The lowest BCUT2D eigenvalue weighted by molar-refractivity contribution is -0.130. The second-order valence-electron chi connectivity index (χ2n) is 4.12. The van der Waals surface area contributed by atoms with E-state index < -0.39 is 11.9 Å². The van der Waals surface area contributed by atoms with Crippen molar-refractivity contribution in [2.45, 2.75) is 39.2 Å². The average Bonchev–Trinajstić information content (AvgIpc) is 2.33. The van der Waals surface area contributed by atoms with Crippen molar-refractivity contribution in [3.63, 3.8) is 0 Å². The van der Waals surface area contributed by atoms with Gasteiger partial charge in [0.1, 0.15) is 11.9 Å². The van der Waals surface area contributed by atoms with Gasteiger partial charge in [-0.1, -0.05) is 31.0 Å². The molecule has 0 saturated heterocycles. The predicted octanol–water partition coefficient (Wildman–Crippen LogP) is 3.80. The maximum absolute atomic E-state index is 13.3. The molecule has 100 valence electrons. The van der Waals surface area contributed by atoms with Crippen molar-refractivity contribution in [3.05, 3.63) is 34.6 Å². The molecular weight excluding hydrogens is 255 g/mol. The number of carbonyl (C=O) groups is 1. The third kappa shape index (κ3) is 4.39. The first kappa shape index (κ1) is 15.1. The van der Waals surface area contributed by atoms with Gasteiger partial charge in [0.15, 0.2) is 5.78 Å². The van der Waals surface area contributed by atoms with E-state index in [1.165, 1.54) is 12.1 Å². The number of halogens is 2. The van der Waals surface area contributed by atoms with Gasteiger partial charge in [-0.3, -0.25) is 4.79 Å². The highest BCUT2D eigenvalue weighted by atomic mass is 35.5. The Morgan fingerprint density at radius 3 is 2.72 bits per heavy atom. The molecule has 0 fully saturated rings. The lowest BCUT2D eigenvalue weighted by Gasteiger charge is -2.15. The van der Waals surface area contributed by atoms with E-state index in [9.17, 15) is 9.18 Å². The minimum Gasteiger partial charge on any atom is -0.371 e. The van der Waals surface area contributed by atoms with Crippen LogP contribution in [0, 0.1) is 5.82 Å². The smallest absolute Gasteiger partial charge is 0.165 e. The van der Waals surface area contributed by atoms with Crippen LogP contribution in [0.25, 0.3) is 0 Å². The number of ether oxygens (including phenoxy) is 1. The number of hydrogen-bond donors (Lipinski definition) is 0. The Hall–Kier alpha value is -0.930. The highest BCUT2D eigenvalue weighted by molar-refractivity contribution is 6.30. The monoisotopic (exact) mass is 272 g/mol. The van der Waals surface area contributed by atoms with Crippen LogP contribution >= 0.6 is 11.6 Å². The molecule has 0 radical (unpaired) electrons. The molecule has 0 aliphatic rings. The van der Waals surface area contributed by atoms with Crippen LogP contribution in [0.5, 0.6) is 0 Å². The predicted molar refractivity (Wildman–Crippen MR) is 70.4 cm³/mol. The van der Waals surface area contributed by atoms with E-state index in [1.54, 1.807) is 6.07 Å². The number of rotatable bonds is 7. The molecule has 0 bridgehead atoms. The summed E-state index contributed by atoms with van der Waals surface area (Å²) in [5, 5.41) is 0.0705. The molecule has 4 heteroatoms. The molecule has 1 rings (SSSR count). The maximum atomic E-state index is 13.3. The van der Waals surface area contributed by atoms with Crippen LogP contribution in [0.2, 0.25) is 5.02 Å². The standard InChI is InChI=1S/C14H18ClFO2/c1-3-5-14(18-4-2)13(17)9-10-6-7-11(15)12(16)8-10/h6-8,14H,3-5,9H2,1-2H3. The summed E-state index contributed by atoms with van der Waals surface area (Å²) in [4.78, 5) is 12.0. The first-order valence-corrected chi connectivity index (χ1v) is 6.54. The van der Waals surface area contributed by atoms with E-state index in [-0.39, 0.29) is 17.2 Å². The largest absolute Gasteiger partial charge is 0.371 e. The van der Waals surface area contributed by atoms with Crippen molar-refractivity contribution in [2.75, 3.05) is 6.61 Å². The Morgan fingerprint density at radius 1 is 1.44 bits per heavy atom. The van der Waals surface area contributed by atoms with E-state index in [0.29, 0.717) is 18.6 Å². The topological polar surface area (TPSA) is 26.3 Å². The lowest BCUT2D eigenvalue weighted by Crippen LogP contribution is -2.26. The maximum Gasteiger partial charge on any atom is 0.165 e. The van der Waals surface area contributed by atoms with Gasteiger partial charge in [-0.05, 0) is 31.0 Å². The van der Waals surface area contributed by atoms with Gasteiger partial charge in [0.05, 0.1) is 5.02 Å². The molecule has 0 heterocycles. The van der Waals surface area contributed by atoms with E-state index >= 15 is 0 Å². The van der Waals surface area contributed by atoms with Crippen molar-refractivity contribution < 1.29 is 13.9 Å². The second-order valence-corrected chi connectivity index (χ2v) is 4.53. The van der Waals surface area contributed by atoms with Crippen molar-refractivity contribution in [2.24, 2.45) is 0 Å². The Morgan fingerprint density at radius 2 is 2.17 bits per heavy atom. The highest BCUT2D eigenvalue weighted by Gasteiger charge is 2.18. The molecule has 1 aromatic rings. The van der Waals surface area contributed by atoms with Gasteiger partial charge in [-0.2, -0.15) is 0 Å². The number of benzene rings is 1. The summed E-state index contributed by atoms with van der Waals surface area (Å²) < 4.78 is 18.7. The number of Topliss-reactive ketones (excluding diaryl/α,β-unsaturated/α-hetero) is 1. The number of ketones is 1. The molecular formula is C14H18ClFO2. The zero-order valence-corrected chi connectivity index (χ0v) is 11.5. The van der Waals surface area contributed by atoms with Crippen LogP contribution in [0.1, 0.15) is 32.3 Å². The van der Waals surface area contributed by atoms with Gasteiger partial charge in [0.25, 0.3) is 0 Å². The zero-order valence-electron chi connectivity index (χ0n) is 10.7. The Labute approximate surface area is 112 Å². The molecule has 1 atom stereocenters. The molecule has 0 aliphatic carbocycles. The third-order valence-electron chi connectivity index (χ3n) is 2.64. The van der Waals surface area contributed by atoms with Crippen LogP contribution in [0.4, 0.5) is 4.39 Å². The molecule has 0 saturated carbocycles. The molecule has 0 amide bonds. The van der Waals surface area contributed by atoms with Crippen molar-refractivity contribution in [3.8, 4) is 0 Å². The number of carbonyl (C=O) groups excluding carboxylic acids is 1. The van der Waals surface area contributed by atoms with Crippen molar-refractivity contribution in [1.82, 2.24) is 0 Å². The minimum atomic E-state index is -0.495.